The predicted octanol–water partition coefficient (Wildman–Crippen LogP) is 3.05. The highest BCUT2D eigenvalue weighted by Gasteiger charge is 2.23. The molecule has 1 aromatic heterocycles. The van der Waals surface area contributed by atoms with Crippen LogP contribution < -0.4 is 5.32 Å². The molecule has 1 aliphatic rings. The van der Waals surface area contributed by atoms with Crippen molar-refractivity contribution in [2.45, 2.75) is 32.6 Å². The molecule has 1 aliphatic heterocycles. The van der Waals surface area contributed by atoms with Gasteiger partial charge in [0.25, 0.3) is 5.91 Å². The zero-order chi connectivity index (χ0) is 17.1. The molecule has 3 rings (SSSR count). The SMILES string of the molecule is CC1CN(Cc2nnc(C(=O)Nc3ccc(Cl)cc3)s2)CC(C)O1. The smallest absolute Gasteiger partial charge is 0.286 e. The van der Waals surface area contributed by atoms with Gasteiger partial charge in [0.05, 0.1) is 18.8 Å². The van der Waals surface area contributed by atoms with Crippen molar-refractivity contribution in [3.63, 3.8) is 0 Å². The van der Waals surface area contributed by atoms with Crippen LogP contribution in [-0.2, 0) is 11.3 Å². The zero-order valence-corrected chi connectivity index (χ0v) is 15.1. The van der Waals surface area contributed by atoms with E-state index in [-0.39, 0.29) is 18.1 Å². The first-order valence-corrected chi connectivity index (χ1v) is 8.96. The molecule has 1 fully saturated rings. The summed E-state index contributed by atoms with van der Waals surface area (Å²) in [5.74, 6) is -0.259. The second-order valence-corrected chi connectivity index (χ2v) is 7.41. The molecule has 1 N–H and O–H groups in total. The topological polar surface area (TPSA) is 67.4 Å². The van der Waals surface area contributed by atoms with Crippen LogP contribution in [0.25, 0.3) is 0 Å². The standard InChI is InChI=1S/C16H19ClN4O2S/c1-10-7-21(8-11(2)23-10)9-14-19-20-16(24-14)15(22)18-13-5-3-12(17)4-6-13/h3-6,10-11H,7-9H2,1-2H3,(H,18,22). The van der Waals surface area contributed by atoms with Crippen molar-refractivity contribution < 1.29 is 9.53 Å². The molecule has 1 aromatic carbocycles. The number of anilines is 1. The lowest BCUT2D eigenvalue weighted by molar-refractivity contribution is -0.0705. The first-order valence-electron chi connectivity index (χ1n) is 7.76. The highest BCUT2D eigenvalue weighted by molar-refractivity contribution is 7.13. The fraction of sp³-hybridized carbons (Fsp3) is 0.438. The molecule has 2 heterocycles. The van der Waals surface area contributed by atoms with Gasteiger partial charge in [0.1, 0.15) is 5.01 Å². The van der Waals surface area contributed by atoms with Gasteiger partial charge >= 0.3 is 0 Å². The maximum Gasteiger partial charge on any atom is 0.286 e. The minimum atomic E-state index is -0.259. The summed E-state index contributed by atoms with van der Waals surface area (Å²) in [7, 11) is 0. The largest absolute Gasteiger partial charge is 0.373 e. The van der Waals surface area contributed by atoms with Crippen molar-refractivity contribution in [2.75, 3.05) is 18.4 Å². The Morgan fingerprint density at radius 1 is 1.29 bits per heavy atom. The number of rotatable bonds is 4. The van der Waals surface area contributed by atoms with Crippen molar-refractivity contribution in [1.29, 1.82) is 0 Å². The van der Waals surface area contributed by atoms with E-state index in [1.807, 2.05) is 0 Å². The second kappa shape index (κ2) is 7.57. The minimum absolute atomic E-state index is 0.203. The van der Waals surface area contributed by atoms with Gasteiger partial charge < -0.3 is 10.1 Å². The fourth-order valence-corrected chi connectivity index (χ4v) is 3.64. The summed E-state index contributed by atoms with van der Waals surface area (Å²) in [5, 5.41) is 12.8. The maximum atomic E-state index is 12.2. The van der Waals surface area contributed by atoms with Crippen LogP contribution >= 0.6 is 22.9 Å². The molecule has 0 spiro atoms. The summed E-state index contributed by atoms with van der Waals surface area (Å²) in [6, 6.07) is 6.95. The molecule has 0 radical (unpaired) electrons. The molecule has 0 saturated carbocycles. The number of amides is 1. The second-order valence-electron chi connectivity index (χ2n) is 5.91. The summed E-state index contributed by atoms with van der Waals surface area (Å²) in [4.78, 5) is 14.5. The van der Waals surface area contributed by atoms with Crippen LogP contribution in [0.5, 0.6) is 0 Å². The molecule has 2 atom stereocenters. The van der Waals surface area contributed by atoms with Gasteiger partial charge in [0, 0.05) is 23.8 Å². The monoisotopic (exact) mass is 366 g/mol. The van der Waals surface area contributed by atoms with Crippen molar-refractivity contribution in [3.8, 4) is 0 Å². The lowest BCUT2D eigenvalue weighted by Gasteiger charge is -2.34. The third kappa shape index (κ3) is 4.51. The molecular weight excluding hydrogens is 348 g/mol. The first-order chi connectivity index (χ1) is 11.5. The van der Waals surface area contributed by atoms with E-state index < -0.39 is 0 Å². The first kappa shape index (κ1) is 17.3. The van der Waals surface area contributed by atoms with E-state index in [9.17, 15) is 4.79 Å². The van der Waals surface area contributed by atoms with Crippen molar-refractivity contribution in [3.05, 3.63) is 39.3 Å². The highest BCUT2D eigenvalue weighted by atomic mass is 35.5. The van der Waals surface area contributed by atoms with Crippen LogP contribution in [-0.4, -0.2) is 46.3 Å². The van der Waals surface area contributed by atoms with Crippen LogP contribution in [0, 0.1) is 0 Å². The van der Waals surface area contributed by atoms with E-state index in [0.29, 0.717) is 22.3 Å². The third-order valence-electron chi connectivity index (χ3n) is 3.62. The number of nitrogens with zero attached hydrogens (tertiary/aromatic N) is 3. The molecule has 0 bridgehead atoms. The van der Waals surface area contributed by atoms with Crippen molar-refractivity contribution in [2.24, 2.45) is 0 Å². The number of ether oxygens (including phenoxy) is 1. The molecular formula is C16H19ClN4O2S. The third-order valence-corrected chi connectivity index (χ3v) is 4.78. The van der Waals surface area contributed by atoms with Gasteiger partial charge in [-0.3, -0.25) is 9.69 Å². The number of carbonyl (C=O) groups excluding carboxylic acids is 1. The van der Waals surface area contributed by atoms with Crippen LogP contribution in [0.4, 0.5) is 5.69 Å². The maximum absolute atomic E-state index is 12.2. The zero-order valence-electron chi connectivity index (χ0n) is 13.5. The minimum Gasteiger partial charge on any atom is -0.373 e. The average molecular weight is 367 g/mol. The molecule has 1 saturated heterocycles. The predicted molar refractivity (Wildman–Crippen MR) is 94.6 cm³/mol. The van der Waals surface area contributed by atoms with Gasteiger partial charge in [-0.05, 0) is 38.1 Å². The quantitative estimate of drug-likeness (QED) is 0.900. The average Bonchev–Trinajstić information content (AvgIpc) is 2.97. The molecule has 24 heavy (non-hydrogen) atoms. The molecule has 6 nitrogen and oxygen atoms in total. The van der Waals surface area contributed by atoms with E-state index >= 15 is 0 Å². The number of nitrogens with one attached hydrogen (secondary N) is 1. The number of carbonyl (C=O) groups is 1. The van der Waals surface area contributed by atoms with Crippen molar-refractivity contribution in [1.82, 2.24) is 15.1 Å². The van der Waals surface area contributed by atoms with E-state index in [1.165, 1.54) is 11.3 Å². The molecule has 2 unspecified atom stereocenters. The van der Waals surface area contributed by atoms with E-state index in [2.05, 4.69) is 34.3 Å². The Bertz CT molecular complexity index is 696. The number of hydrogen-bond acceptors (Lipinski definition) is 6. The van der Waals surface area contributed by atoms with Gasteiger partial charge in [-0.15, -0.1) is 10.2 Å². The number of benzene rings is 1. The summed E-state index contributed by atoms with van der Waals surface area (Å²) >= 11 is 7.15. The molecule has 1 amide bonds. The van der Waals surface area contributed by atoms with Gasteiger partial charge in [0.15, 0.2) is 0 Å². The Hall–Kier alpha value is -1.54. The number of halogens is 1. The normalized spacial score (nSPS) is 21.6. The Morgan fingerprint density at radius 2 is 1.96 bits per heavy atom. The van der Waals surface area contributed by atoms with Crippen LogP contribution in [0.1, 0.15) is 28.7 Å². The van der Waals surface area contributed by atoms with Crippen LogP contribution in [0.2, 0.25) is 5.02 Å². The lowest BCUT2D eigenvalue weighted by Crippen LogP contribution is -2.44. The molecule has 2 aromatic rings. The fourth-order valence-electron chi connectivity index (χ4n) is 2.73. The number of hydrogen-bond donors (Lipinski definition) is 1. The van der Waals surface area contributed by atoms with Crippen molar-refractivity contribution >= 4 is 34.5 Å². The van der Waals surface area contributed by atoms with Gasteiger partial charge in [-0.2, -0.15) is 0 Å². The Labute approximate surface area is 149 Å². The molecule has 128 valence electrons. The lowest BCUT2D eigenvalue weighted by atomic mass is 10.2. The summed E-state index contributed by atoms with van der Waals surface area (Å²) < 4.78 is 5.72. The van der Waals surface area contributed by atoms with Crippen LogP contribution in [0.3, 0.4) is 0 Å². The van der Waals surface area contributed by atoms with E-state index in [4.69, 9.17) is 16.3 Å². The van der Waals surface area contributed by atoms with E-state index in [1.54, 1.807) is 24.3 Å². The van der Waals surface area contributed by atoms with Gasteiger partial charge in [0.2, 0.25) is 5.01 Å². The highest BCUT2D eigenvalue weighted by Crippen LogP contribution is 2.19. The van der Waals surface area contributed by atoms with Crippen LogP contribution in [0.15, 0.2) is 24.3 Å². The van der Waals surface area contributed by atoms with E-state index in [0.717, 1.165) is 18.1 Å². The molecule has 8 heteroatoms. The summed E-state index contributed by atoms with van der Waals surface area (Å²) in [5.41, 5.74) is 0.678. The number of morpholine rings is 1. The van der Waals surface area contributed by atoms with Gasteiger partial charge in [-0.25, -0.2) is 0 Å². The Kier molecular flexibility index (Phi) is 5.45. The Morgan fingerprint density at radius 3 is 2.62 bits per heavy atom. The number of aromatic nitrogens is 2. The summed E-state index contributed by atoms with van der Waals surface area (Å²) in [6.07, 6.45) is 0.406. The van der Waals surface area contributed by atoms with Gasteiger partial charge in [-0.1, -0.05) is 22.9 Å². The molecule has 0 aliphatic carbocycles. The summed E-state index contributed by atoms with van der Waals surface area (Å²) in [6.45, 7) is 6.53. The Balaban J connectivity index is 1.60.